The third-order valence-corrected chi connectivity index (χ3v) is 4.02. The number of nitrogens with zero attached hydrogens (tertiary/aromatic N) is 1. The van der Waals surface area contributed by atoms with Crippen LogP contribution in [0.1, 0.15) is 35.8 Å². The van der Waals surface area contributed by atoms with E-state index < -0.39 is 0 Å². The van der Waals surface area contributed by atoms with E-state index in [2.05, 4.69) is 10.3 Å². The largest absolute Gasteiger partial charge is 0.497 e. The van der Waals surface area contributed by atoms with Crippen molar-refractivity contribution in [1.29, 1.82) is 0 Å². The number of aromatic nitrogens is 1. The van der Waals surface area contributed by atoms with Gasteiger partial charge >= 0.3 is 0 Å². The van der Waals surface area contributed by atoms with E-state index in [1.807, 2.05) is 38.1 Å². The predicted octanol–water partition coefficient (Wildman–Crippen LogP) is 3.26. The van der Waals surface area contributed by atoms with Gasteiger partial charge in [0.05, 0.1) is 7.11 Å². The highest BCUT2D eigenvalue weighted by molar-refractivity contribution is 7.09. The van der Waals surface area contributed by atoms with Crippen molar-refractivity contribution in [2.75, 3.05) is 7.11 Å². The number of methoxy groups -OCH3 is 1. The second-order valence-electron chi connectivity index (χ2n) is 4.87. The van der Waals surface area contributed by atoms with Crippen molar-refractivity contribution < 1.29 is 14.3 Å². The number of ether oxygens (including phenoxy) is 2. The summed E-state index contributed by atoms with van der Waals surface area (Å²) in [7, 11) is 1.62. The highest BCUT2D eigenvalue weighted by Gasteiger charge is 2.12. The minimum atomic E-state index is -0.138. The van der Waals surface area contributed by atoms with E-state index in [-0.39, 0.29) is 11.9 Å². The van der Waals surface area contributed by atoms with Crippen LogP contribution in [0, 0.1) is 0 Å². The molecule has 0 aliphatic rings. The van der Waals surface area contributed by atoms with E-state index in [0.29, 0.717) is 12.3 Å². The van der Waals surface area contributed by atoms with Gasteiger partial charge in [-0.3, -0.25) is 4.79 Å². The number of amides is 1. The zero-order valence-corrected chi connectivity index (χ0v) is 13.8. The summed E-state index contributed by atoms with van der Waals surface area (Å²) in [6.07, 6.45) is 0.892. The van der Waals surface area contributed by atoms with Crippen molar-refractivity contribution in [3.05, 3.63) is 40.3 Å². The Labute approximate surface area is 134 Å². The summed E-state index contributed by atoms with van der Waals surface area (Å²) in [5, 5.41) is 5.42. The molecule has 118 valence electrons. The number of thiazole rings is 1. The van der Waals surface area contributed by atoms with Crippen molar-refractivity contribution in [3.63, 3.8) is 0 Å². The van der Waals surface area contributed by atoms with E-state index in [0.717, 1.165) is 22.9 Å². The third-order valence-electron chi connectivity index (χ3n) is 3.20. The van der Waals surface area contributed by atoms with Crippen molar-refractivity contribution in [3.8, 4) is 11.5 Å². The van der Waals surface area contributed by atoms with Crippen molar-refractivity contribution >= 4 is 17.2 Å². The first-order chi connectivity index (χ1) is 10.6. The Kier molecular flexibility index (Phi) is 5.77. The molecule has 1 aromatic carbocycles. The molecule has 1 amide bonds. The summed E-state index contributed by atoms with van der Waals surface area (Å²) < 4.78 is 10.7. The molecule has 2 rings (SSSR count). The van der Waals surface area contributed by atoms with Crippen LogP contribution in [0.3, 0.4) is 0 Å². The lowest BCUT2D eigenvalue weighted by atomic mass is 10.2. The molecule has 0 fully saturated rings. The molecule has 0 radical (unpaired) electrons. The molecule has 0 unspecified atom stereocenters. The van der Waals surface area contributed by atoms with Gasteiger partial charge in [-0.25, -0.2) is 4.98 Å². The number of benzene rings is 1. The van der Waals surface area contributed by atoms with Crippen LogP contribution in [-0.4, -0.2) is 24.0 Å². The van der Waals surface area contributed by atoms with E-state index in [1.165, 1.54) is 11.3 Å². The van der Waals surface area contributed by atoms with Crippen molar-refractivity contribution in [2.45, 2.75) is 32.9 Å². The van der Waals surface area contributed by atoms with Gasteiger partial charge in [0, 0.05) is 11.4 Å². The lowest BCUT2D eigenvalue weighted by molar-refractivity contribution is 0.0934. The molecule has 1 aromatic heterocycles. The first-order valence-electron chi connectivity index (χ1n) is 7.14. The molecule has 0 aliphatic carbocycles. The minimum absolute atomic E-state index is 0.138. The Morgan fingerprint density at radius 3 is 2.64 bits per heavy atom. The normalized spacial score (nSPS) is 11.8. The monoisotopic (exact) mass is 320 g/mol. The van der Waals surface area contributed by atoms with E-state index in [1.54, 1.807) is 12.5 Å². The third kappa shape index (κ3) is 4.46. The first kappa shape index (κ1) is 16.3. The maximum Gasteiger partial charge on any atom is 0.270 e. The van der Waals surface area contributed by atoms with Crippen LogP contribution >= 0.6 is 11.3 Å². The smallest absolute Gasteiger partial charge is 0.270 e. The van der Waals surface area contributed by atoms with Crippen molar-refractivity contribution in [1.82, 2.24) is 10.3 Å². The van der Waals surface area contributed by atoms with Gasteiger partial charge in [-0.2, -0.15) is 0 Å². The maximum atomic E-state index is 12.0. The van der Waals surface area contributed by atoms with Crippen molar-refractivity contribution in [2.24, 2.45) is 0 Å². The zero-order valence-electron chi connectivity index (χ0n) is 13.0. The molecule has 6 heteroatoms. The molecule has 2 aromatic rings. The Bertz CT molecular complexity index is 610. The lowest BCUT2D eigenvalue weighted by Gasteiger charge is -2.09. The predicted molar refractivity (Wildman–Crippen MR) is 86.7 cm³/mol. The topological polar surface area (TPSA) is 60.5 Å². The van der Waals surface area contributed by atoms with Crippen LogP contribution in [0.4, 0.5) is 0 Å². The van der Waals surface area contributed by atoms with Gasteiger partial charge in [0.1, 0.15) is 28.8 Å². The first-order valence-corrected chi connectivity index (χ1v) is 8.02. The standard InChI is InChI=1S/C16H20N2O3S/c1-4-11(2)17-16(19)14-10-22-15(18-14)9-21-13-7-5-12(20-3)6-8-13/h5-8,10-11H,4,9H2,1-3H3,(H,17,19)/t11-/m1/s1. The highest BCUT2D eigenvalue weighted by Crippen LogP contribution is 2.19. The Morgan fingerprint density at radius 2 is 2.00 bits per heavy atom. The number of carbonyl (C=O) groups excluding carboxylic acids is 1. The zero-order chi connectivity index (χ0) is 15.9. The molecule has 1 heterocycles. The molecule has 1 N–H and O–H groups in total. The summed E-state index contributed by atoms with van der Waals surface area (Å²) >= 11 is 1.42. The van der Waals surface area contributed by atoms with Gasteiger partial charge in [-0.05, 0) is 37.6 Å². The number of hydrogen-bond acceptors (Lipinski definition) is 5. The van der Waals surface area contributed by atoms with Crippen LogP contribution in [0.5, 0.6) is 11.5 Å². The Hall–Kier alpha value is -2.08. The van der Waals surface area contributed by atoms with Crippen LogP contribution in [0.2, 0.25) is 0 Å². The number of rotatable bonds is 7. The fraction of sp³-hybridized carbons (Fsp3) is 0.375. The fourth-order valence-electron chi connectivity index (χ4n) is 1.70. The highest BCUT2D eigenvalue weighted by atomic mass is 32.1. The molecule has 0 spiro atoms. The van der Waals surface area contributed by atoms with Crippen LogP contribution in [-0.2, 0) is 6.61 Å². The van der Waals surface area contributed by atoms with E-state index in [9.17, 15) is 4.79 Å². The average Bonchev–Trinajstić information content (AvgIpc) is 3.02. The number of nitrogens with one attached hydrogen (secondary N) is 1. The van der Waals surface area contributed by atoms with Crippen LogP contribution < -0.4 is 14.8 Å². The second kappa shape index (κ2) is 7.79. The minimum Gasteiger partial charge on any atom is -0.497 e. The molecule has 5 nitrogen and oxygen atoms in total. The lowest BCUT2D eigenvalue weighted by Crippen LogP contribution is -2.32. The quantitative estimate of drug-likeness (QED) is 0.850. The fourth-order valence-corrected chi connectivity index (χ4v) is 2.38. The molecule has 0 saturated heterocycles. The molecule has 1 atom stereocenters. The Morgan fingerprint density at radius 1 is 1.32 bits per heavy atom. The Balaban J connectivity index is 1.90. The number of hydrogen-bond donors (Lipinski definition) is 1. The molecule has 0 saturated carbocycles. The average molecular weight is 320 g/mol. The molecule has 0 bridgehead atoms. The molecular weight excluding hydrogens is 300 g/mol. The van der Waals surface area contributed by atoms with Gasteiger partial charge in [0.15, 0.2) is 0 Å². The van der Waals surface area contributed by atoms with Gasteiger partial charge in [-0.15, -0.1) is 11.3 Å². The SMILES string of the molecule is CC[C@@H](C)NC(=O)c1csc(COc2ccc(OC)cc2)n1. The summed E-state index contributed by atoms with van der Waals surface area (Å²) in [6, 6.07) is 7.49. The summed E-state index contributed by atoms with van der Waals surface area (Å²) in [5.74, 6) is 1.38. The van der Waals surface area contributed by atoms with E-state index >= 15 is 0 Å². The van der Waals surface area contributed by atoms with Crippen LogP contribution in [0.15, 0.2) is 29.6 Å². The van der Waals surface area contributed by atoms with Gasteiger partial charge < -0.3 is 14.8 Å². The van der Waals surface area contributed by atoms with Gasteiger partial charge in [0.25, 0.3) is 5.91 Å². The summed E-state index contributed by atoms with van der Waals surface area (Å²) in [4.78, 5) is 16.3. The summed E-state index contributed by atoms with van der Waals surface area (Å²) in [5.41, 5.74) is 0.443. The van der Waals surface area contributed by atoms with Gasteiger partial charge in [0.2, 0.25) is 0 Å². The van der Waals surface area contributed by atoms with Crippen LogP contribution in [0.25, 0.3) is 0 Å². The molecule has 0 aliphatic heterocycles. The maximum absolute atomic E-state index is 12.0. The summed E-state index contributed by atoms with van der Waals surface area (Å²) in [6.45, 7) is 4.34. The molecular formula is C16H20N2O3S. The number of carbonyl (C=O) groups is 1. The van der Waals surface area contributed by atoms with Gasteiger partial charge in [-0.1, -0.05) is 6.92 Å². The van der Waals surface area contributed by atoms with E-state index in [4.69, 9.17) is 9.47 Å². The molecule has 22 heavy (non-hydrogen) atoms. The second-order valence-corrected chi connectivity index (χ2v) is 5.82.